The smallest absolute Gasteiger partial charge is 0.254 e. The maximum Gasteiger partial charge on any atom is 0.254 e. The number of piperidine rings is 1. The summed E-state index contributed by atoms with van der Waals surface area (Å²) in [5, 5.41) is 1.08. The second-order valence-electron chi connectivity index (χ2n) is 8.08. The largest absolute Gasteiger partial charge is 0.494 e. The number of ether oxygens (including phenoxy) is 1. The maximum absolute atomic E-state index is 13.1. The van der Waals surface area contributed by atoms with Crippen LogP contribution in [0.25, 0.3) is 33.6 Å². The second-order valence-corrected chi connectivity index (χ2v) is 8.08. The van der Waals surface area contributed by atoms with Crippen molar-refractivity contribution < 1.29 is 9.53 Å². The first-order chi connectivity index (χ1) is 15.1. The first-order valence-corrected chi connectivity index (χ1v) is 10.9. The molecular formula is C24H27N5O2. The van der Waals surface area contributed by atoms with E-state index in [0.717, 1.165) is 66.1 Å². The summed E-state index contributed by atoms with van der Waals surface area (Å²) in [6, 6.07) is 9.88. The van der Waals surface area contributed by atoms with E-state index in [2.05, 4.69) is 28.6 Å². The highest BCUT2D eigenvalue weighted by atomic mass is 16.5. The van der Waals surface area contributed by atoms with Gasteiger partial charge in [-0.2, -0.15) is 0 Å². The summed E-state index contributed by atoms with van der Waals surface area (Å²) < 4.78 is 9.92. The summed E-state index contributed by atoms with van der Waals surface area (Å²) in [6.45, 7) is 4.53. The van der Waals surface area contributed by atoms with Gasteiger partial charge < -0.3 is 18.8 Å². The summed E-state index contributed by atoms with van der Waals surface area (Å²) in [5.74, 6) is 1.55. The summed E-state index contributed by atoms with van der Waals surface area (Å²) in [6.07, 6.45) is 5.13. The van der Waals surface area contributed by atoms with Gasteiger partial charge in [-0.25, -0.2) is 9.97 Å². The van der Waals surface area contributed by atoms with Gasteiger partial charge in [0.25, 0.3) is 5.91 Å². The van der Waals surface area contributed by atoms with Crippen molar-refractivity contribution in [1.29, 1.82) is 0 Å². The van der Waals surface area contributed by atoms with Crippen molar-refractivity contribution in [3.8, 4) is 17.3 Å². The van der Waals surface area contributed by atoms with Crippen LogP contribution in [0.3, 0.4) is 0 Å². The number of carbonyl (C=O) groups is 1. The lowest BCUT2D eigenvalue weighted by Gasteiger charge is -2.26. The number of pyridine rings is 1. The van der Waals surface area contributed by atoms with E-state index in [1.54, 1.807) is 7.11 Å². The van der Waals surface area contributed by atoms with E-state index in [1.165, 1.54) is 6.42 Å². The van der Waals surface area contributed by atoms with E-state index < -0.39 is 0 Å². The van der Waals surface area contributed by atoms with E-state index in [-0.39, 0.29) is 5.91 Å². The standard InChI is InChI=1S/C24H27N5O2/c1-4-29-19(14-16-9-8-10-25-22(16)29)23-26-18-13-17(15-20(31-3)21(18)27(23)2)24(30)28-11-6-5-7-12-28/h8-10,13-15H,4-7,11-12H2,1-3H3. The van der Waals surface area contributed by atoms with E-state index >= 15 is 0 Å². The molecule has 0 aliphatic carbocycles. The molecule has 0 atom stereocenters. The van der Waals surface area contributed by atoms with Crippen molar-refractivity contribution in [2.45, 2.75) is 32.7 Å². The number of amides is 1. The molecule has 1 saturated heterocycles. The minimum absolute atomic E-state index is 0.0546. The fourth-order valence-corrected chi connectivity index (χ4v) is 4.69. The Balaban J connectivity index is 1.66. The van der Waals surface area contributed by atoms with Crippen LogP contribution in [0, 0.1) is 0 Å². The van der Waals surface area contributed by atoms with E-state index in [4.69, 9.17) is 9.72 Å². The molecule has 1 aliphatic heterocycles. The molecule has 7 nitrogen and oxygen atoms in total. The zero-order valence-electron chi connectivity index (χ0n) is 18.3. The van der Waals surface area contributed by atoms with Gasteiger partial charge in [0, 0.05) is 43.8 Å². The third kappa shape index (κ3) is 3.15. The van der Waals surface area contributed by atoms with Crippen LogP contribution in [0.5, 0.6) is 5.75 Å². The number of likely N-dealkylation sites (tertiary alicyclic amines) is 1. The van der Waals surface area contributed by atoms with E-state index in [1.807, 2.05) is 40.9 Å². The molecule has 0 unspecified atom stereocenters. The fourth-order valence-electron chi connectivity index (χ4n) is 4.69. The molecule has 0 N–H and O–H groups in total. The van der Waals surface area contributed by atoms with Gasteiger partial charge in [-0.05, 0) is 56.5 Å². The molecule has 0 saturated carbocycles. The van der Waals surface area contributed by atoms with Gasteiger partial charge >= 0.3 is 0 Å². The molecule has 1 amide bonds. The van der Waals surface area contributed by atoms with Gasteiger partial charge in [0.05, 0.1) is 18.3 Å². The highest BCUT2D eigenvalue weighted by Crippen LogP contribution is 2.34. The molecule has 5 rings (SSSR count). The molecule has 3 aromatic heterocycles. The van der Waals surface area contributed by atoms with Crippen LogP contribution in [-0.4, -0.2) is 50.1 Å². The molecular weight excluding hydrogens is 390 g/mol. The van der Waals surface area contributed by atoms with Crippen molar-refractivity contribution in [3.63, 3.8) is 0 Å². The highest BCUT2D eigenvalue weighted by molar-refractivity contribution is 6.00. The Morgan fingerprint density at radius 1 is 1.16 bits per heavy atom. The van der Waals surface area contributed by atoms with Crippen molar-refractivity contribution in [3.05, 3.63) is 42.1 Å². The number of nitrogens with zero attached hydrogens (tertiary/aromatic N) is 5. The first-order valence-electron chi connectivity index (χ1n) is 10.9. The number of hydrogen-bond acceptors (Lipinski definition) is 4. The second kappa shape index (κ2) is 7.72. The number of aromatic nitrogens is 4. The molecule has 4 aromatic rings. The zero-order valence-corrected chi connectivity index (χ0v) is 18.3. The van der Waals surface area contributed by atoms with E-state index in [9.17, 15) is 4.79 Å². The topological polar surface area (TPSA) is 65.2 Å². The van der Waals surface area contributed by atoms with Crippen LogP contribution in [0.2, 0.25) is 0 Å². The lowest BCUT2D eigenvalue weighted by molar-refractivity contribution is 0.0724. The summed E-state index contributed by atoms with van der Waals surface area (Å²) in [4.78, 5) is 24.6. The number of methoxy groups -OCH3 is 1. The Bertz CT molecular complexity index is 1280. The average molecular weight is 418 g/mol. The Labute approximate surface area is 181 Å². The minimum Gasteiger partial charge on any atom is -0.494 e. The normalized spacial score (nSPS) is 14.5. The molecule has 7 heteroatoms. The first kappa shape index (κ1) is 19.6. The number of carbonyl (C=O) groups excluding carboxylic acids is 1. The molecule has 31 heavy (non-hydrogen) atoms. The van der Waals surface area contributed by atoms with Gasteiger partial charge in [0.15, 0.2) is 5.82 Å². The third-order valence-electron chi connectivity index (χ3n) is 6.25. The van der Waals surface area contributed by atoms with Gasteiger partial charge in [0.1, 0.15) is 16.9 Å². The number of benzene rings is 1. The Kier molecular flexibility index (Phi) is 4.88. The SMILES string of the molecule is CCn1c(-c2nc3cc(C(=O)N4CCCCC4)cc(OC)c3n2C)cc2cccnc21. The molecule has 1 aliphatic rings. The third-order valence-corrected chi connectivity index (χ3v) is 6.25. The summed E-state index contributed by atoms with van der Waals surface area (Å²) >= 11 is 0. The molecule has 0 bridgehead atoms. The van der Waals surface area contributed by atoms with E-state index in [0.29, 0.717) is 11.3 Å². The molecule has 4 heterocycles. The van der Waals surface area contributed by atoms with Crippen molar-refractivity contribution in [2.24, 2.45) is 7.05 Å². The van der Waals surface area contributed by atoms with Crippen LogP contribution in [0.15, 0.2) is 36.5 Å². The summed E-state index contributed by atoms with van der Waals surface area (Å²) in [5.41, 5.74) is 4.22. The Morgan fingerprint density at radius 3 is 2.71 bits per heavy atom. The van der Waals surface area contributed by atoms with Crippen LogP contribution < -0.4 is 4.74 Å². The number of aryl methyl sites for hydroxylation is 2. The van der Waals surface area contributed by atoms with Gasteiger partial charge in [-0.1, -0.05) is 0 Å². The Morgan fingerprint density at radius 2 is 1.97 bits per heavy atom. The molecule has 1 fully saturated rings. The predicted octanol–water partition coefficient (Wildman–Crippen LogP) is 4.24. The van der Waals surface area contributed by atoms with Crippen LogP contribution in [-0.2, 0) is 13.6 Å². The van der Waals surface area contributed by atoms with Crippen molar-refractivity contribution >= 4 is 28.0 Å². The quantitative estimate of drug-likeness (QED) is 0.498. The fraction of sp³-hybridized carbons (Fsp3) is 0.375. The maximum atomic E-state index is 13.1. The average Bonchev–Trinajstić information content (AvgIpc) is 3.35. The Hall–Kier alpha value is -3.35. The highest BCUT2D eigenvalue weighted by Gasteiger charge is 2.23. The lowest BCUT2D eigenvalue weighted by Crippen LogP contribution is -2.35. The lowest BCUT2D eigenvalue weighted by atomic mass is 10.1. The molecule has 1 aromatic carbocycles. The van der Waals surface area contributed by atoms with Gasteiger partial charge in [0.2, 0.25) is 0 Å². The monoisotopic (exact) mass is 417 g/mol. The number of rotatable bonds is 4. The van der Waals surface area contributed by atoms with Crippen LogP contribution in [0.4, 0.5) is 0 Å². The number of fused-ring (bicyclic) bond motifs is 2. The minimum atomic E-state index is 0.0546. The molecule has 0 spiro atoms. The van der Waals surface area contributed by atoms with Crippen molar-refractivity contribution in [2.75, 3.05) is 20.2 Å². The zero-order chi connectivity index (χ0) is 21.5. The van der Waals surface area contributed by atoms with Gasteiger partial charge in [-0.3, -0.25) is 4.79 Å². The number of imidazole rings is 1. The van der Waals surface area contributed by atoms with Crippen LogP contribution >= 0.6 is 0 Å². The van der Waals surface area contributed by atoms with Gasteiger partial charge in [-0.15, -0.1) is 0 Å². The number of hydrogen-bond donors (Lipinski definition) is 0. The van der Waals surface area contributed by atoms with Crippen LogP contribution in [0.1, 0.15) is 36.5 Å². The van der Waals surface area contributed by atoms with Crippen molar-refractivity contribution in [1.82, 2.24) is 24.0 Å². The predicted molar refractivity (Wildman–Crippen MR) is 121 cm³/mol. The summed E-state index contributed by atoms with van der Waals surface area (Å²) in [7, 11) is 3.63. The molecule has 160 valence electrons. The molecule has 0 radical (unpaired) electrons.